The quantitative estimate of drug-likeness (QED) is 0.886. The van der Waals surface area contributed by atoms with E-state index in [2.05, 4.69) is 4.98 Å². The molecule has 1 aromatic carbocycles. The minimum Gasteiger partial charge on any atom is -0.366 e. The lowest BCUT2D eigenvalue weighted by atomic mass is 9.97. The number of hydrogen-bond donors (Lipinski definition) is 2. The second-order valence-corrected chi connectivity index (χ2v) is 4.55. The van der Waals surface area contributed by atoms with E-state index in [4.69, 9.17) is 23.1 Å². The number of benzene rings is 1. The van der Waals surface area contributed by atoms with Crippen LogP contribution in [0.3, 0.4) is 0 Å². The van der Waals surface area contributed by atoms with Crippen molar-refractivity contribution in [2.24, 2.45) is 11.5 Å². The predicted octanol–water partition coefficient (Wildman–Crippen LogP) is 1.80. The summed E-state index contributed by atoms with van der Waals surface area (Å²) in [5.74, 6) is -0.481. The Morgan fingerprint density at radius 2 is 2.17 bits per heavy atom. The highest BCUT2D eigenvalue weighted by Gasteiger charge is 2.16. The number of hydrogen-bond acceptors (Lipinski definition) is 3. The van der Waals surface area contributed by atoms with Gasteiger partial charge in [-0.15, -0.1) is 0 Å². The normalized spacial score (nSPS) is 10.8. The average molecular weight is 264 g/mol. The molecule has 0 saturated carbocycles. The number of fused-ring (bicyclic) bond motifs is 1. The first-order chi connectivity index (χ1) is 8.54. The molecule has 2 rings (SSSR count). The van der Waals surface area contributed by atoms with Gasteiger partial charge in [0.15, 0.2) is 0 Å². The van der Waals surface area contributed by atoms with Crippen molar-refractivity contribution in [2.75, 3.05) is 6.54 Å². The molecule has 1 heterocycles. The van der Waals surface area contributed by atoms with E-state index in [0.29, 0.717) is 29.2 Å². The number of aromatic nitrogens is 1. The zero-order valence-corrected chi connectivity index (χ0v) is 10.8. The molecule has 18 heavy (non-hydrogen) atoms. The average Bonchev–Trinajstić information content (AvgIpc) is 2.30. The molecule has 0 saturated heterocycles. The van der Waals surface area contributed by atoms with Gasteiger partial charge in [-0.1, -0.05) is 11.6 Å². The van der Waals surface area contributed by atoms with Crippen LogP contribution in [0.1, 0.15) is 21.6 Å². The van der Waals surface area contributed by atoms with Crippen LogP contribution in [0.2, 0.25) is 5.02 Å². The molecule has 94 valence electrons. The van der Waals surface area contributed by atoms with E-state index in [-0.39, 0.29) is 0 Å². The van der Waals surface area contributed by atoms with Crippen molar-refractivity contribution < 1.29 is 4.79 Å². The third-order valence-electron chi connectivity index (χ3n) is 2.88. The molecule has 5 heteroatoms. The van der Waals surface area contributed by atoms with Crippen molar-refractivity contribution in [3.63, 3.8) is 0 Å². The van der Waals surface area contributed by atoms with Gasteiger partial charge in [-0.05, 0) is 43.7 Å². The fourth-order valence-electron chi connectivity index (χ4n) is 2.17. The van der Waals surface area contributed by atoms with Crippen LogP contribution in [-0.2, 0) is 6.42 Å². The molecule has 0 aliphatic rings. The molecular weight excluding hydrogens is 250 g/mol. The summed E-state index contributed by atoms with van der Waals surface area (Å²) in [4.78, 5) is 15.9. The molecule has 1 amide bonds. The Morgan fingerprint density at radius 1 is 1.44 bits per heavy atom. The maximum Gasteiger partial charge on any atom is 0.250 e. The Kier molecular flexibility index (Phi) is 3.50. The lowest BCUT2D eigenvalue weighted by Crippen LogP contribution is -2.18. The van der Waals surface area contributed by atoms with Crippen LogP contribution < -0.4 is 11.5 Å². The summed E-state index contributed by atoms with van der Waals surface area (Å²) in [6, 6.07) is 5.39. The molecule has 0 fully saturated rings. The van der Waals surface area contributed by atoms with Gasteiger partial charge in [-0.25, -0.2) is 0 Å². The summed E-state index contributed by atoms with van der Waals surface area (Å²) in [5.41, 5.74) is 13.7. The highest BCUT2D eigenvalue weighted by atomic mass is 35.5. The number of carbonyl (C=O) groups is 1. The van der Waals surface area contributed by atoms with E-state index in [1.165, 1.54) is 0 Å². The molecule has 0 aliphatic heterocycles. The van der Waals surface area contributed by atoms with Gasteiger partial charge in [0.05, 0.1) is 16.8 Å². The van der Waals surface area contributed by atoms with Gasteiger partial charge in [-0.2, -0.15) is 0 Å². The molecule has 0 aliphatic carbocycles. The Labute approximate surface area is 110 Å². The molecule has 2 aromatic rings. The summed E-state index contributed by atoms with van der Waals surface area (Å²) < 4.78 is 0. The van der Waals surface area contributed by atoms with Gasteiger partial charge in [0.2, 0.25) is 0 Å². The van der Waals surface area contributed by atoms with Gasteiger partial charge in [-0.3, -0.25) is 9.78 Å². The van der Waals surface area contributed by atoms with Gasteiger partial charge in [0.25, 0.3) is 5.91 Å². The van der Waals surface area contributed by atoms with Gasteiger partial charge < -0.3 is 11.5 Å². The molecule has 0 radical (unpaired) electrons. The number of pyridine rings is 1. The lowest BCUT2D eigenvalue weighted by Gasteiger charge is -2.12. The van der Waals surface area contributed by atoms with Crippen LogP contribution in [-0.4, -0.2) is 17.4 Å². The van der Waals surface area contributed by atoms with Gasteiger partial charge in [0.1, 0.15) is 0 Å². The fraction of sp³-hybridized carbons (Fsp3) is 0.231. The van der Waals surface area contributed by atoms with Crippen molar-refractivity contribution in [3.8, 4) is 0 Å². The van der Waals surface area contributed by atoms with Crippen LogP contribution >= 0.6 is 11.6 Å². The first-order valence-electron chi connectivity index (χ1n) is 5.63. The Morgan fingerprint density at radius 3 is 2.78 bits per heavy atom. The number of aryl methyl sites for hydroxylation is 1. The summed E-state index contributed by atoms with van der Waals surface area (Å²) >= 11 is 5.99. The first kappa shape index (κ1) is 12.8. The minimum atomic E-state index is -0.481. The van der Waals surface area contributed by atoms with Crippen molar-refractivity contribution in [1.29, 1.82) is 0 Å². The number of halogens is 1. The SMILES string of the molecule is Cc1nc2ccc(Cl)cc2c(CCN)c1C(N)=O. The molecule has 0 bridgehead atoms. The van der Waals surface area contributed by atoms with Crippen LogP contribution in [0.15, 0.2) is 18.2 Å². The molecule has 4 N–H and O–H groups in total. The van der Waals surface area contributed by atoms with Crippen molar-refractivity contribution in [2.45, 2.75) is 13.3 Å². The molecule has 0 unspecified atom stereocenters. The zero-order chi connectivity index (χ0) is 13.3. The Balaban J connectivity index is 2.86. The molecule has 4 nitrogen and oxygen atoms in total. The van der Waals surface area contributed by atoms with E-state index in [1.54, 1.807) is 19.1 Å². The largest absolute Gasteiger partial charge is 0.366 e. The van der Waals surface area contributed by atoms with Crippen molar-refractivity contribution in [3.05, 3.63) is 40.0 Å². The minimum absolute atomic E-state index is 0.436. The summed E-state index contributed by atoms with van der Waals surface area (Å²) in [6.07, 6.45) is 0.568. The van der Waals surface area contributed by atoms with E-state index in [1.807, 2.05) is 6.07 Å². The smallest absolute Gasteiger partial charge is 0.250 e. The summed E-state index contributed by atoms with van der Waals surface area (Å²) in [5, 5.41) is 1.44. The number of rotatable bonds is 3. The van der Waals surface area contributed by atoms with E-state index < -0.39 is 5.91 Å². The Hall–Kier alpha value is -1.65. The molecule has 0 atom stereocenters. The van der Waals surface area contributed by atoms with Gasteiger partial charge >= 0.3 is 0 Å². The third kappa shape index (κ3) is 2.17. The number of nitrogens with zero attached hydrogens (tertiary/aromatic N) is 1. The number of nitrogens with two attached hydrogens (primary N) is 2. The second-order valence-electron chi connectivity index (χ2n) is 4.12. The molecule has 1 aromatic heterocycles. The highest BCUT2D eigenvalue weighted by molar-refractivity contribution is 6.31. The van der Waals surface area contributed by atoms with E-state index in [0.717, 1.165) is 16.5 Å². The monoisotopic (exact) mass is 263 g/mol. The zero-order valence-electron chi connectivity index (χ0n) is 10.0. The number of amides is 1. The van der Waals surface area contributed by atoms with Crippen LogP contribution in [0.25, 0.3) is 10.9 Å². The maximum absolute atomic E-state index is 11.6. The predicted molar refractivity (Wildman–Crippen MR) is 72.8 cm³/mol. The number of carbonyl (C=O) groups excluding carboxylic acids is 1. The van der Waals surface area contributed by atoms with Crippen LogP contribution in [0.5, 0.6) is 0 Å². The maximum atomic E-state index is 11.6. The third-order valence-corrected chi connectivity index (χ3v) is 3.11. The summed E-state index contributed by atoms with van der Waals surface area (Å²) in [7, 11) is 0. The van der Waals surface area contributed by atoms with Gasteiger partial charge in [0, 0.05) is 10.4 Å². The van der Waals surface area contributed by atoms with E-state index >= 15 is 0 Å². The Bertz CT molecular complexity index is 625. The second kappa shape index (κ2) is 4.92. The van der Waals surface area contributed by atoms with Crippen LogP contribution in [0, 0.1) is 6.92 Å². The van der Waals surface area contributed by atoms with Crippen molar-refractivity contribution in [1.82, 2.24) is 4.98 Å². The topological polar surface area (TPSA) is 82.0 Å². The molecule has 0 spiro atoms. The standard InChI is InChI=1S/C13H14ClN3O/c1-7-12(13(16)18)9(4-5-15)10-6-8(14)2-3-11(10)17-7/h2-3,6H,4-5,15H2,1H3,(H2,16,18). The number of primary amides is 1. The fourth-order valence-corrected chi connectivity index (χ4v) is 2.34. The molecular formula is C13H14ClN3O. The van der Waals surface area contributed by atoms with E-state index in [9.17, 15) is 4.79 Å². The van der Waals surface area contributed by atoms with Crippen LogP contribution in [0.4, 0.5) is 0 Å². The van der Waals surface area contributed by atoms with Crippen molar-refractivity contribution >= 4 is 28.4 Å². The summed E-state index contributed by atoms with van der Waals surface area (Å²) in [6.45, 7) is 2.21. The first-order valence-corrected chi connectivity index (χ1v) is 6.01. The lowest BCUT2D eigenvalue weighted by molar-refractivity contribution is 0.0998. The highest BCUT2D eigenvalue weighted by Crippen LogP contribution is 2.26.